The van der Waals surface area contributed by atoms with Gasteiger partial charge < -0.3 is 20.6 Å². The maximum Gasteiger partial charge on any atom is 0.258 e. The molecular weight excluding hydrogens is 466 g/mol. The Morgan fingerprint density at radius 2 is 1.86 bits per heavy atom. The molecule has 3 aliphatic heterocycles. The van der Waals surface area contributed by atoms with Crippen molar-refractivity contribution in [3.05, 3.63) is 41.5 Å². The van der Waals surface area contributed by atoms with E-state index < -0.39 is 16.6 Å². The number of piperidine rings is 1. The number of anilines is 4. The zero-order valence-electron chi connectivity index (χ0n) is 20.2. The minimum Gasteiger partial charge on any atom is -0.395 e. The lowest BCUT2D eigenvalue weighted by Gasteiger charge is -2.35. The predicted molar refractivity (Wildman–Crippen MR) is 140 cm³/mol. The summed E-state index contributed by atoms with van der Waals surface area (Å²) in [5, 5.41) is 15.4. The van der Waals surface area contributed by atoms with Crippen LogP contribution in [-0.2, 0) is 10.0 Å². The molecule has 5 rings (SSSR count). The van der Waals surface area contributed by atoms with E-state index in [-0.39, 0.29) is 11.7 Å². The second kappa shape index (κ2) is 11.3. The number of sulfonamides is 1. The zero-order valence-corrected chi connectivity index (χ0v) is 21.0. The summed E-state index contributed by atoms with van der Waals surface area (Å²) in [6, 6.07) is 8.75. The lowest BCUT2D eigenvalue weighted by molar-refractivity contribution is 0.102. The number of aromatic nitrogens is 1. The molecule has 0 radical (unpaired) electrons. The van der Waals surface area contributed by atoms with E-state index in [1.807, 2.05) is 19.1 Å². The molecule has 4 N–H and O–H groups in total. The third-order valence-corrected chi connectivity index (χ3v) is 7.90. The predicted octanol–water partition coefficient (Wildman–Crippen LogP) is 3.58. The fraction of sp³-hybridized carbons (Fsp3) is 0.520. The van der Waals surface area contributed by atoms with Gasteiger partial charge in [-0.15, -0.1) is 0 Å². The highest BCUT2D eigenvalue weighted by molar-refractivity contribution is 7.92. The summed E-state index contributed by atoms with van der Waals surface area (Å²) in [6.07, 6.45) is 6.74. The normalized spacial score (nSPS) is 17.8. The Labute approximate surface area is 207 Å². The van der Waals surface area contributed by atoms with Gasteiger partial charge in [-0.1, -0.05) is 19.3 Å². The van der Waals surface area contributed by atoms with Gasteiger partial charge in [-0.2, -0.15) is 0 Å². The Morgan fingerprint density at radius 3 is 2.63 bits per heavy atom. The molecule has 35 heavy (non-hydrogen) atoms. The van der Waals surface area contributed by atoms with Crippen LogP contribution in [0.4, 0.5) is 23.0 Å². The van der Waals surface area contributed by atoms with Gasteiger partial charge in [0.2, 0.25) is 10.0 Å². The number of aliphatic hydroxyl groups excluding tert-OH is 1. The molecule has 4 bridgehead atoms. The highest BCUT2D eigenvalue weighted by Gasteiger charge is 2.24. The monoisotopic (exact) mass is 501 g/mol. The van der Waals surface area contributed by atoms with Crippen LogP contribution in [0.3, 0.4) is 0 Å². The molecule has 3 aliphatic rings. The number of pyridine rings is 1. The largest absolute Gasteiger partial charge is 0.395 e. The van der Waals surface area contributed by atoms with Crippen molar-refractivity contribution in [2.75, 3.05) is 52.2 Å². The van der Waals surface area contributed by atoms with Crippen LogP contribution in [0.5, 0.6) is 0 Å². The number of aliphatic hydroxyl groups is 1. The van der Waals surface area contributed by atoms with E-state index in [1.54, 1.807) is 18.2 Å². The maximum atomic E-state index is 13.4. The Kier molecular flexibility index (Phi) is 8.12. The van der Waals surface area contributed by atoms with Crippen molar-refractivity contribution in [2.45, 2.75) is 45.4 Å². The number of benzene rings is 1. The Balaban J connectivity index is 1.67. The van der Waals surface area contributed by atoms with Gasteiger partial charge in [0.1, 0.15) is 11.6 Å². The number of carbonyl (C=O) groups excluding carboxylic acids is 1. The molecule has 1 aromatic heterocycles. The minimum absolute atomic E-state index is 0.291. The number of aryl methyl sites for hydroxylation is 1. The van der Waals surface area contributed by atoms with Crippen molar-refractivity contribution in [1.82, 2.24) is 4.98 Å². The molecule has 1 saturated heterocycles. The van der Waals surface area contributed by atoms with Gasteiger partial charge in [-0.25, -0.2) is 13.4 Å². The molecule has 1 fully saturated rings. The first-order valence-corrected chi connectivity index (χ1v) is 14.0. The van der Waals surface area contributed by atoms with Crippen molar-refractivity contribution in [3.63, 3.8) is 0 Å². The highest BCUT2D eigenvalue weighted by atomic mass is 32.2. The molecule has 190 valence electrons. The van der Waals surface area contributed by atoms with Crippen molar-refractivity contribution in [3.8, 4) is 0 Å². The second-order valence-corrected chi connectivity index (χ2v) is 11.3. The number of carbonyl (C=O) groups is 1. The van der Waals surface area contributed by atoms with Crippen LogP contribution in [0.15, 0.2) is 30.3 Å². The maximum absolute atomic E-state index is 13.4. The summed E-state index contributed by atoms with van der Waals surface area (Å²) in [5.74, 6) is 1.20. The van der Waals surface area contributed by atoms with Crippen LogP contribution < -0.4 is 20.3 Å². The average Bonchev–Trinajstić information content (AvgIpc) is 2.80. The first-order chi connectivity index (χ1) is 16.8. The number of hydrogen-bond donors (Lipinski definition) is 4. The Bertz CT molecular complexity index is 1150. The van der Waals surface area contributed by atoms with E-state index in [0.29, 0.717) is 28.7 Å². The van der Waals surface area contributed by atoms with Crippen LogP contribution in [0.25, 0.3) is 0 Å². The fourth-order valence-corrected chi connectivity index (χ4v) is 5.65. The summed E-state index contributed by atoms with van der Waals surface area (Å²) >= 11 is 0. The third-order valence-electron chi connectivity index (χ3n) is 6.64. The molecule has 4 heterocycles. The van der Waals surface area contributed by atoms with Gasteiger partial charge in [0.05, 0.1) is 29.3 Å². The van der Waals surface area contributed by atoms with E-state index >= 15 is 0 Å². The third kappa shape index (κ3) is 6.85. The molecule has 1 amide bonds. The van der Waals surface area contributed by atoms with E-state index in [9.17, 15) is 13.2 Å². The molecule has 9 nitrogen and oxygen atoms in total. The number of nitrogens with zero attached hydrogens (tertiary/aromatic N) is 2. The lowest BCUT2D eigenvalue weighted by atomic mass is 9.90. The van der Waals surface area contributed by atoms with E-state index in [0.717, 1.165) is 50.3 Å². The van der Waals surface area contributed by atoms with Crippen LogP contribution in [0, 0.1) is 12.8 Å². The van der Waals surface area contributed by atoms with Gasteiger partial charge in [-0.05, 0) is 68.0 Å². The van der Waals surface area contributed by atoms with Crippen molar-refractivity contribution < 1.29 is 18.3 Å². The van der Waals surface area contributed by atoms with Crippen LogP contribution in [-0.4, -0.2) is 56.4 Å². The number of amides is 1. The zero-order chi connectivity index (χ0) is 24.8. The average molecular weight is 502 g/mol. The van der Waals surface area contributed by atoms with Gasteiger partial charge in [0.25, 0.3) is 5.91 Å². The highest BCUT2D eigenvalue weighted by Crippen LogP contribution is 2.32. The standard InChI is InChI=1S/C25H35N5O4S/c1-18-15-23-26-10-4-2-3-5-19-8-11-30(12-9-19)22-17-20(29-35(33,34)14-13-31)6-7-21(22)25(32)28-24(16-18)27-23/h6-7,15-17,19,29,31H,2-5,8-14H2,1H3,(H2,26,27,28,32). The number of rotatable bonds is 4. The van der Waals surface area contributed by atoms with Crippen molar-refractivity contribution in [1.29, 1.82) is 0 Å². The van der Waals surface area contributed by atoms with Gasteiger partial charge in [-0.3, -0.25) is 9.52 Å². The topological polar surface area (TPSA) is 124 Å². The summed E-state index contributed by atoms with van der Waals surface area (Å²) in [5.41, 5.74) is 2.53. The van der Waals surface area contributed by atoms with Crippen LogP contribution in [0.2, 0.25) is 0 Å². The SMILES string of the molecule is Cc1cc2nc(c1)NC(=O)c1ccc(NS(=O)(=O)CCO)cc1N1CCC(CCCCCN2)CC1. The van der Waals surface area contributed by atoms with Gasteiger partial charge in [0.15, 0.2) is 0 Å². The molecule has 0 atom stereocenters. The molecule has 0 spiro atoms. The summed E-state index contributed by atoms with van der Waals surface area (Å²) in [4.78, 5) is 20.1. The molecule has 2 aromatic rings. The summed E-state index contributed by atoms with van der Waals surface area (Å²) in [7, 11) is -3.68. The molecule has 0 aliphatic carbocycles. The minimum atomic E-state index is -3.68. The Hall–Kier alpha value is -2.85. The molecule has 1 aromatic carbocycles. The molecule has 0 unspecified atom stereocenters. The first kappa shape index (κ1) is 25.2. The number of fused-ring (bicyclic) bond motifs is 8. The van der Waals surface area contributed by atoms with E-state index in [4.69, 9.17) is 5.11 Å². The van der Waals surface area contributed by atoms with E-state index in [1.165, 1.54) is 19.3 Å². The fourth-order valence-electron chi connectivity index (χ4n) is 4.82. The van der Waals surface area contributed by atoms with E-state index in [2.05, 4.69) is 25.2 Å². The van der Waals surface area contributed by atoms with Crippen molar-refractivity contribution in [2.24, 2.45) is 5.92 Å². The molecule has 0 saturated carbocycles. The van der Waals surface area contributed by atoms with Gasteiger partial charge in [0, 0.05) is 19.6 Å². The van der Waals surface area contributed by atoms with Crippen LogP contribution >= 0.6 is 0 Å². The summed E-state index contributed by atoms with van der Waals surface area (Å²) < 4.78 is 26.9. The smallest absolute Gasteiger partial charge is 0.258 e. The second-order valence-electron chi connectivity index (χ2n) is 9.45. The van der Waals surface area contributed by atoms with Gasteiger partial charge >= 0.3 is 0 Å². The molecule has 10 heteroatoms. The quantitative estimate of drug-likeness (QED) is 0.505. The molecular formula is C25H35N5O4S. The number of nitrogens with one attached hydrogen (secondary N) is 3. The Morgan fingerprint density at radius 1 is 1.09 bits per heavy atom. The van der Waals surface area contributed by atoms with Crippen LogP contribution in [0.1, 0.15) is 54.4 Å². The number of hydrogen-bond acceptors (Lipinski definition) is 7. The lowest BCUT2D eigenvalue weighted by Crippen LogP contribution is -2.35. The first-order valence-electron chi connectivity index (χ1n) is 12.4. The summed E-state index contributed by atoms with van der Waals surface area (Å²) in [6.45, 7) is 3.98. The van der Waals surface area contributed by atoms with Crippen molar-refractivity contribution >= 4 is 38.9 Å².